The molecule has 0 spiro atoms. The van der Waals surface area contributed by atoms with Crippen LogP contribution in [-0.2, 0) is 0 Å². The number of fused-ring (bicyclic) bond motifs is 5. The third kappa shape index (κ3) is 2.16. The zero-order valence-corrected chi connectivity index (χ0v) is 16.9. The summed E-state index contributed by atoms with van der Waals surface area (Å²) >= 11 is 0. The van der Waals surface area contributed by atoms with Crippen molar-refractivity contribution in [2.45, 2.75) is 103 Å². The van der Waals surface area contributed by atoms with Crippen LogP contribution in [0.5, 0.6) is 0 Å². The van der Waals surface area contributed by atoms with E-state index >= 15 is 0 Å². The Morgan fingerprint density at radius 3 is 2.23 bits per heavy atom. The van der Waals surface area contributed by atoms with Crippen LogP contribution in [0.4, 0.5) is 0 Å². The minimum absolute atomic E-state index is 0.0431. The molecule has 4 nitrogen and oxygen atoms in total. The Hall–Kier alpha value is -0.160. The Kier molecular flexibility index (Phi) is 4.19. The van der Waals surface area contributed by atoms with Gasteiger partial charge in [-0.15, -0.1) is 0 Å². The molecule has 0 amide bonds. The molecule has 0 radical (unpaired) electrons. The second-order valence-electron chi connectivity index (χ2n) is 11.0. The van der Waals surface area contributed by atoms with Crippen LogP contribution in [0.2, 0.25) is 0 Å². The molecule has 10 atom stereocenters. The van der Waals surface area contributed by atoms with Crippen LogP contribution in [0.25, 0.3) is 0 Å². The predicted octanol–water partition coefficient (Wildman–Crippen LogP) is 2.86. The molecule has 0 heterocycles. The second kappa shape index (κ2) is 5.68. The molecule has 0 aromatic carbocycles. The van der Waals surface area contributed by atoms with E-state index in [1.807, 2.05) is 0 Å². The summed E-state index contributed by atoms with van der Waals surface area (Å²) in [5.74, 6) is 1.01. The topological polar surface area (TPSA) is 80.9 Å². The average molecular weight is 367 g/mol. The van der Waals surface area contributed by atoms with Gasteiger partial charge in [0.2, 0.25) is 0 Å². The molecule has 0 bridgehead atoms. The molecule has 4 fully saturated rings. The molecule has 4 rings (SSSR count). The fraction of sp³-hybridized carbons (Fsp3) is 1.00. The van der Waals surface area contributed by atoms with Crippen LogP contribution in [0.3, 0.4) is 0 Å². The van der Waals surface area contributed by atoms with Gasteiger partial charge in [-0.05, 0) is 86.9 Å². The molecule has 0 aromatic rings. The molecular formula is C22H38O4. The number of aliphatic hydroxyl groups is 4. The lowest BCUT2D eigenvalue weighted by Crippen LogP contribution is -2.65. The highest BCUT2D eigenvalue weighted by atomic mass is 16.3. The van der Waals surface area contributed by atoms with Gasteiger partial charge in [0.15, 0.2) is 0 Å². The van der Waals surface area contributed by atoms with Crippen molar-refractivity contribution in [1.29, 1.82) is 0 Å². The number of hydrogen-bond acceptors (Lipinski definition) is 4. The van der Waals surface area contributed by atoms with E-state index in [-0.39, 0.29) is 22.9 Å². The zero-order valence-electron chi connectivity index (χ0n) is 16.9. The summed E-state index contributed by atoms with van der Waals surface area (Å²) in [7, 11) is 0. The van der Waals surface area contributed by atoms with E-state index in [9.17, 15) is 20.4 Å². The van der Waals surface area contributed by atoms with Gasteiger partial charge >= 0.3 is 0 Å². The van der Waals surface area contributed by atoms with Crippen LogP contribution in [0, 0.1) is 34.0 Å². The third-order valence-corrected chi connectivity index (χ3v) is 10.2. The van der Waals surface area contributed by atoms with E-state index in [0.717, 1.165) is 38.5 Å². The number of hydrogen-bond donors (Lipinski definition) is 4. The lowest BCUT2D eigenvalue weighted by Gasteiger charge is -2.66. The molecule has 4 saturated carbocycles. The molecule has 0 saturated heterocycles. The van der Waals surface area contributed by atoms with Crippen molar-refractivity contribution in [3.8, 4) is 0 Å². The van der Waals surface area contributed by atoms with Gasteiger partial charge in [0, 0.05) is 5.41 Å². The van der Waals surface area contributed by atoms with Crippen molar-refractivity contribution in [3.63, 3.8) is 0 Å². The minimum atomic E-state index is -1.09. The predicted molar refractivity (Wildman–Crippen MR) is 100 cm³/mol. The molecule has 26 heavy (non-hydrogen) atoms. The standard InChI is InChI=1S/C22H38O4/c1-13(23)22(26)10-7-16-15-6-8-19(2)11-14(24)5-9-20(19,3)18(15)17(25)12-21(16,22)4/h13-18,23-26H,5-12H2,1-4H3/t13-,14+,15-,16+,17+,18-,19+,20+,21+,22-/m0/s1. The van der Waals surface area contributed by atoms with E-state index < -0.39 is 23.2 Å². The first-order valence-corrected chi connectivity index (χ1v) is 10.8. The van der Waals surface area contributed by atoms with E-state index in [1.165, 1.54) is 0 Å². The van der Waals surface area contributed by atoms with Crippen molar-refractivity contribution in [1.82, 2.24) is 0 Å². The van der Waals surface area contributed by atoms with Crippen LogP contribution in [-0.4, -0.2) is 44.3 Å². The van der Waals surface area contributed by atoms with Gasteiger partial charge < -0.3 is 20.4 Å². The van der Waals surface area contributed by atoms with Crippen molar-refractivity contribution >= 4 is 0 Å². The fourth-order valence-corrected chi connectivity index (χ4v) is 8.44. The largest absolute Gasteiger partial charge is 0.393 e. The fourth-order valence-electron chi connectivity index (χ4n) is 8.44. The molecule has 4 heteroatoms. The van der Waals surface area contributed by atoms with Gasteiger partial charge in [-0.2, -0.15) is 0 Å². The summed E-state index contributed by atoms with van der Waals surface area (Å²) < 4.78 is 0. The summed E-state index contributed by atoms with van der Waals surface area (Å²) in [5.41, 5.74) is -1.38. The Labute approximate surface area is 158 Å². The third-order valence-electron chi connectivity index (χ3n) is 10.2. The molecular weight excluding hydrogens is 328 g/mol. The number of rotatable bonds is 1. The van der Waals surface area contributed by atoms with Crippen molar-refractivity contribution < 1.29 is 20.4 Å². The Balaban J connectivity index is 1.72. The highest BCUT2D eigenvalue weighted by molar-refractivity contribution is 5.18. The van der Waals surface area contributed by atoms with Gasteiger partial charge in [0.05, 0.1) is 23.9 Å². The highest BCUT2D eigenvalue weighted by Gasteiger charge is 2.69. The van der Waals surface area contributed by atoms with E-state index in [4.69, 9.17) is 0 Å². The van der Waals surface area contributed by atoms with Gasteiger partial charge in [0.25, 0.3) is 0 Å². The SMILES string of the molecule is C[C@H](O)[C@@]1(O)CC[C@@H]2[C@@H]3CC[C@]4(C)C[C@H](O)CC[C@]4(C)[C@@H]3[C@H](O)C[C@]21C. The van der Waals surface area contributed by atoms with Crippen LogP contribution in [0.15, 0.2) is 0 Å². The lowest BCUT2D eigenvalue weighted by molar-refractivity contribution is -0.235. The van der Waals surface area contributed by atoms with Gasteiger partial charge in [0.1, 0.15) is 0 Å². The minimum Gasteiger partial charge on any atom is -0.393 e. The van der Waals surface area contributed by atoms with Crippen LogP contribution >= 0.6 is 0 Å². The first kappa shape index (κ1) is 19.2. The monoisotopic (exact) mass is 366 g/mol. The summed E-state index contributed by atoms with van der Waals surface area (Å²) in [6.45, 7) is 8.50. The van der Waals surface area contributed by atoms with Gasteiger partial charge in [-0.3, -0.25) is 0 Å². The maximum Gasteiger partial charge on any atom is 0.0959 e. The Morgan fingerprint density at radius 1 is 0.885 bits per heavy atom. The summed E-state index contributed by atoms with van der Waals surface area (Å²) in [4.78, 5) is 0. The molecule has 4 aliphatic carbocycles. The maximum absolute atomic E-state index is 11.4. The molecule has 150 valence electrons. The first-order valence-electron chi connectivity index (χ1n) is 10.8. The van der Waals surface area contributed by atoms with Gasteiger partial charge in [-0.1, -0.05) is 20.8 Å². The smallest absolute Gasteiger partial charge is 0.0959 e. The molecule has 0 aliphatic heterocycles. The Morgan fingerprint density at radius 2 is 1.58 bits per heavy atom. The van der Waals surface area contributed by atoms with Crippen molar-refractivity contribution in [3.05, 3.63) is 0 Å². The highest BCUT2D eigenvalue weighted by Crippen LogP contribution is 2.71. The summed E-state index contributed by atoms with van der Waals surface area (Å²) in [6, 6.07) is 0. The molecule has 0 unspecified atom stereocenters. The second-order valence-corrected chi connectivity index (χ2v) is 11.0. The van der Waals surface area contributed by atoms with Crippen LogP contribution in [0.1, 0.15) is 79.1 Å². The molecule has 4 N–H and O–H groups in total. The Bertz CT molecular complexity index is 578. The van der Waals surface area contributed by atoms with Gasteiger partial charge in [-0.25, -0.2) is 0 Å². The van der Waals surface area contributed by atoms with E-state index in [0.29, 0.717) is 24.7 Å². The first-order chi connectivity index (χ1) is 12.0. The van der Waals surface area contributed by atoms with E-state index in [2.05, 4.69) is 20.8 Å². The average Bonchev–Trinajstić information content (AvgIpc) is 2.81. The van der Waals surface area contributed by atoms with E-state index in [1.54, 1.807) is 6.92 Å². The number of aliphatic hydroxyl groups excluding tert-OH is 3. The lowest BCUT2D eigenvalue weighted by atomic mass is 9.39. The summed E-state index contributed by atoms with van der Waals surface area (Å²) in [5, 5.41) is 43.3. The maximum atomic E-state index is 11.4. The van der Waals surface area contributed by atoms with Crippen molar-refractivity contribution in [2.24, 2.45) is 34.0 Å². The van der Waals surface area contributed by atoms with Crippen molar-refractivity contribution in [2.75, 3.05) is 0 Å². The molecule has 4 aliphatic rings. The zero-order chi connectivity index (χ0) is 19.1. The quantitative estimate of drug-likeness (QED) is 0.575. The summed E-state index contributed by atoms with van der Waals surface area (Å²) in [6.07, 6.45) is 5.56. The molecule has 0 aromatic heterocycles. The normalized spacial score (nSPS) is 60.7. The van der Waals surface area contributed by atoms with Crippen LogP contribution < -0.4 is 0 Å².